The van der Waals surface area contributed by atoms with Crippen LogP contribution in [0.2, 0.25) is 0 Å². The predicted octanol–water partition coefficient (Wildman–Crippen LogP) is 2.44. The van der Waals surface area contributed by atoms with Crippen LogP contribution in [0.15, 0.2) is 17.0 Å². The molecule has 4 aliphatic rings. The average Bonchev–Trinajstić information content (AvgIpc) is 3.48. The summed E-state index contributed by atoms with van der Waals surface area (Å²) >= 11 is 0. The molecule has 3 amide bonds. The number of nitrogens with two attached hydrogens (primary N) is 1. The molecule has 5 N–H and O–H groups in total. The molecular weight excluding hydrogens is 563 g/mol. The second kappa shape index (κ2) is 10.8. The van der Waals surface area contributed by atoms with Gasteiger partial charge in [0.1, 0.15) is 5.82 Å². The fourth-order valence-electron chi connectivity index (χ4n) is 7.01. The lowest BCUT2D eigenvalue weighted by Gasteiger charge is -2.34. The van der Waals surface area contributed by atoms with Gasteiger partial charge >= 0.3 is 6.03 Å². The van der Waals surface area contributed by atoms with Crippen LogP contribution in [0.5, 0.6) is 0 Å². The number of carbonyl (C=O) groups excluding carboxylic acids is 2. The van der Waals surface area contributed by atoms with E-state index in [-0.39, 0.29) is 48.3 Å². The Morgan fingerprint density at radius 3 is 2.45 bits per heavy atom. The number of fused-ring (bicyclic) bond motifs is 3. The number of nitrogens with zero attached hydrogens (tertiary/aromatic N) is 2. The Hall–Kier alpha value is -3.16. The second-order valence-electron chi connectivity index (χ2n) is 12.7. The number of benzene rings is 1. The summed E-state index contributed by atoms with van der Waals surface area (Å²) < 4.78 is 49.8. The molecule has 13 heteroatoms. The first-order chi connectivity index (χ1) is 19.9. The number of anilines is 1. The molecule has 0 spiro atoms. The predicted molar refractivity (Wildman–Crippen MR) is 155 cm³/mol. The highest BCUT2D eigenvalue weighted by Gasteiger charge is 2.43. The second-order valence-corrected chi connectivity index (χ2v) is 14.6. The van der Waals surface area contributed by atoms with Crippen LogP contribution >= 0.6 is 0 Å². The van der Waals surface area contributed by atoms with Crippen LogP contribution in [-0.4, -0.2) is 73.8 Å². The fourth-order valence-corrected chi connectivity index (χ4v) is 9.36. The molecule has 1 saturated heterocycles. The number of hydrogen-bond acceptors (Lipinski definition) is 7. The molecule has 0 bridgehead atoms. The van der Waals surface area contributed by atoms with Crippen LogP contribution in [0, 0.1) is 11.2 Å². The Bertz CT molecular complexity index is 1520. The Kier molecular flexibility index (Phi) is 7.47. The minimum absolute atomic E-state index is 0.0313. The van der Waals surface area contributed by atoms with E-state index in [9.17, 15) is 18.0 Å². The van der Waals surface area contributed by atoms with E-state index in [0.29, 0.717) is 59.9 Å². The minimum Gasteiger partial charge on any atom is -0.382 e. The van der Waals surface area contributed by atoms with Crippen molar-refractivity contribution >= 4 is 27.5 Å². The third-order valence-electron chi connectivity index (χ3n) is 8.85. The van der Waals surface area contributed by atoms with Crippen molar-refractivity contribution < 1.29 is 27.1 Å². The molecule has 228 valence electrons. The molecule has 11 nitrogen and oxygen atoms in total. The zero-order valence-corrected chi connectivity index (χ0v) is 24.9. The standard InChI is InChI=1S/C29H39FN6O5S/c1-29(2)13-23-26(42(39,40)16-29)20-14-41-15-24(20)36(23)19-11-21(30)25(27(31)37)22(12-19)33-17-3-5-18(6-4-17)34-28(38)35-9-7-32-8-10-35/h11-12,17-18,32-33H,3-10,13-16H2,1-2H3,(H2,31,37)(H,34,38)/t17-,18-. The van der Waals surface area contributed by atoms with Gasteiger partial charge in [0.25, 0.3) is 5.91 Å². The van der Waals surface area contributed by atoms with E-state index >= 15 is 4.39 Å². The molecule has 3 aliphatic heterocycles. The topological polar surface area (TPSA) is 148 Å². The van der Waals surface area contributed by atoms with Crippen molar-refractivity contribution in [3.8, 4) is 5.69 Å². The van der Waals surface area contributed by atoms with E-state index in [1.165, 1.54) is 6.07 Å². The van der Waals surface area contributed by atoms with Crippen molar-refractivity contribution in [3.63, 3.8) is 0 Å². The molecule has 1 aliphatic carbocycles. The highest BCUT2D eigenvalue weighted by atomic mass is 32.2. The summed E-state index contributed by atoms with van der Waals surface area (Å²) in [5.74, 6) is -1.62. The Morgan fingerprint density at radius 1 is 1.07 bits per heavy atom. The van der Waals surface area contributed by atoms with E-state index in [0.717, 1.165) is 25.9 Å². The Morgan fingerprint density at radius 2 is 1.76 bits per heavy atom. The number of ether oxygens (including phenoxy) is 1. The summed E-state index contributed by atoms with van der Waals surface area (Å²) in [6.45, 7) is 7.18. The zero-order chi connectivity index (χ0) is 29.8. The minimum atomic E-state index is -3.57. The quantitative estimate of drug-likeness (QED) is 0.411. The van der Waals surface area contributed by atoms with E-state index in [1.807, 2.05) is 18.7 Å². The number of nitrogens with one attached hydrogen (secondary N) is 3. The molecule has 0 atom stereocenters. The van der Waals surface area contributed by atoms with Crippen LogP contribution in [0.1, 0.15) is 66.8 Å². The third kappa shape index (κ3) is 5.37. The van der Waals surface area contributed by atoms with Crippen molar-refractivity contribution in [2.75, 3.05) is 37.2 Å². The van der Waals surface area contributed by atoms with E-state index in [2.05, 4.69) is 16.0 Å². The molecule has 2 fully saturated rings. The summed E-state index contributed by atoms with van der Waals surface area (Å²) in [6.07, 6.45) is 3.41. The number of halogens is 1. The van der Waals surface area contributed by atoms with Crippen molar-refractivity contribution in [2.45, 2.75) is 76.1 Å². The monoisotopic (exact) mass is 602 g/mol. The molecule has 0 radical (unpaired) electrons. The van der Waals surface area contributed by atoms with Gasteiger partial charge in [0.2, 0.25) is 0 Å². The molecule has 0 unspecified atom stereocenters. The van der Waals surface area contributed by atoms with Gasteiger partial charge in [-0.05, 0) is 49.7 Å². The number of piperazine rings is 1. The first-order valence-corrected chi connectivity index (χ1v) is 16.3. The zero-order valence-electron chi connectivity index (χ0n) is 24.1. The largest absolute Gasteiger partial charge is 0.382 e. The van der Waals surface area contributed by atoms with Gasteiger partial charge in [-0.2, -0.15) is 0 Å². The van der Waals surface area contributed by atoms with Gasteiger partial charge in [-0.15, -0.1) is 0 Å². The first kappa shape index (κ1) is 28.9. The SMILES string of the molecule is CC1(C)Cc2c(c3c(n2-c2cc(F)c(C(N)=O)c(N[C@H]4CC[C@H](NC(=O)N5CCNCC5)CC4)c2)COC3)S(=O)(=O)C1. The van der Waals surface area contributed by atoms with Gasteiger partial charge in [-0.3, -0.25) is 4.79 Å². The van der Waals surface area contributed by atoms with Crippen LogP contribution in [0.3, 0.4) is 0 Å². The highest BCUT2D eigenvalue weighted by Crippen LogP contribution is 2.44. The van der Waals surface area contributed by atoms with Crippen molar-refractivity contribution in [1.82, 2.24) is 20.1 Å². The number of rotatable bonds is 5. The smallest absolute Gasteiger partial charge is 0.317 e. The van der Waals surface area contributed by atoms with Crippen molar-refractivity contribution in [2.24, 2.45) is 11.1 Å². The van der Waals surface area contributed by atoms with Gasteiger partial charge in [-0.1, -0.05) is 13.8 Å². The summed E-state index contributed by atoms with van der Waals surface area (Å²) in [7, 11) is -3.57. The molecule has 1 aromatic carbocycles. The lowest BCUT2D eigenvalue weighted by Crippen LogP contribution is -2.53. The molecular formula is C29H39FN6O5S. The molecule has 1 aromatic heterocycles. The van der Waals surface area contributed by atoms with E-state index in [1.54, 1.807) is 10.6 Å². The molecule has 2 aromatic rings. The van der Waals surface area contributed by atoms with Crippen molar-refractivity contribution in [3.05, 3.63) is 40.5 Å². The summed E-state index contributed by atoms with van der Waals surface area (Å²) in [5.41, 5.74) is 7.55. The summed E-state index contributed by atoms with van der Waals surface area (Å²) in [6, 6.07) is 2.88. The Balaban J connectivity index is 1.27. The first-order valence-electron chi connectivity index (χ1n) is 14.7. The number of primary amides is 1. The van der Waals surface area contributed by atoms with Crippen LogP contribution in [-0.2, 0) is 34.2 Å². The number of sulfone groups is 1. The van der Waals surface area contributed by atoms with Gasteiger partial charge in [-0.25, -0.2) is 17.6 Å². The maximum Gasteiger partial charge on any atom is 0.317 e. The van der Waals surface area contributed by atoms with Crippen LogP contribution in [0.25, 0.3) is 5.69 Å². The molecule has 1 saturated carbocycles. The van der Waals surface area contributed by atoms with Crippen LogP contribution < -0.4 is 21.7 Å². The summed E-state index contributed by atoms with van der Waals surface area (Å²) in [4.78, 5) is 27.1. The number of carbonyl (C=O) groups is 2. The maximum absolute atomic E-state index is 15.6. The average molecular weight is 603 g/mol. The number of hydrogen-bond donors (Lipinski definition) is 4. The van der Waals surface area contributed by atoms with Crippen LogP contribution in [0.4, 0.5) is 14.9 Å². The van der Waals surface area contributed by atoms with Gasteiger partial charge in [0, 0.05) is 49.5 Å². The number of urea groups is 1. The number of amides is 3. The number of aromatic nitrogens is 1. The lowest BCUT2D eigenvalue weighted by atomic mass is 9.89. The Labute approximate surface area is 245 Å². The normalized spacial score (nSPS) is 24.5. The molecule has 4 heterocycles. The van der Waals surface area contributed by atoms with E-state index < -0.39 is 27.0 Å². The maximum atomic E-state index is 15.6. The van der Waals surface area contributed by atoms with Gasteiger partial charge < -0.3 is 35.9 Å². The molecule has 42 heavy (non-hydrogen) atoms. The third-order valence-corrected chi connectivity index (χ3v) is 11.1. The lowest BCUT2D eigenvalue weighted by molar-refractivity contribution is 0.0997. The van der Waals surface area contributed by atoms with Gasteiger partial charge in [0.15, 0.2) is 9.84 Å². The van der Waals surface area contributed by atoms with E-state index in [4.69, 9.17) is 10.5 Å². The molecule has 6 rings (SSSR count). The van der Waals surface area contributed by atoms with Crippen molar-refractivity contribution in [1.29, 1.82) is 0 Å². The fraction of sp³-hybridized carbons (Fsp3) is 0.586. The summed E-state index contributed by atoms with van der Waals surface area (Å²) in [5, 5.41) is 9.74. The van der Waals surface area contributed by atoms with Gasteiger partial charge in [0.05, 0.1) is 46.5 Å². The highest BCUT2D eigenvalue weighted by molar-refractivity contribution is 7.91.